The molecule has 0 aliphatic carbocycles. The Morgan fingerprint density at radius 2 is 1.89 bits per heavy atom. The first kappa shape index (κ1) is 15.7. The van der Waals surface area contributed by atoms with Crippen LogP contribution in [-0.2, 0) is 19.0 Å². The predicted octanol–water partition coefficient (Wildman–Crippen LogP) is 0.753. The van der Waals surface area contributed by atoms with E-state index < -0.39 is 0 Å². The summed E-state index contributed by atoms with van der Waals surface area (Å²) in [5.41, 5.74) is 0. The molecule has 1 unspecified atom stereocenters. The van der Waals surface area contributed by atoms with Crippen molar-refractivity contribution in [2.45, 2.75) is 6.42 Å². The van der Waals surface area contributed by atoms with Crippen molar-refractivity contribution in [1.82, 2.24) is 4.90 Å². The van der Waals surface area contributed by atoms with Gasteiger partial charge in [0.05, 0.1) is 33.0 Å². The molecule has 0 aromatic heterocycles. The van der Waals surface area contributed by atoms with Gasteiger partial charge >= 0.3 is 0 Å². The number of carbonyl (C=O) groups excluding carboxylic acids is 1. The van der Waals surface area contributed by atoms with E-state index >= 15 is 0 Å². The molecule has 5 nitrogen and oxygen atoms in total. The molecule has 1 heterocycles. The third kappa shape index (κ3) is 6.00. The molecule has 18 heavy (non-hydrogen) atoms. The van der Waals surface area contributed by atoms with E-state index in [-0.39, 0.29) is 5.91 Å². The summed E-state index contributed by atoms with van der Waals surface area (Å²) in [5, 5.41) is 0. The molecule has 1 aliphatic rings. The highest BCUT2D eigenvalue weighted by Gasteiger charge is 2.28. The summed E-state index contributed by atoms with van der Waals surface area (Å²) in [6.45, 7) is 4.24. The van der Waals surface area contributed by atoms with Crippen LogP contribution in [-0.4, -0.2) is 69.9 Å². The fourth-order valence-corrected chi connectivity index (χ4v) is 2.02. The smallest absolute Gasteiger partial charge is 0.223 e. The van der Waals surface area contributed by atoms with Gasteiger partial charge in [-0.2, -0.15) is 0 Å². The normalized spacial score (nSPS) is 19.8. The first-order chi connectivity index (χ1) is 8.77. The second-order valence-electron chi connectivity index (χ2n) is 4.28. The number of alkyl halides is 1. The van der Waals surface area contributed by atoms with Crippen LogP contribution in [0.3, 0.4) is 0 Å². The molecule has 1 atom stereocenters. The Hall–Kier alpha value is -0.360. The minimum absolute atomic E-state index is 0.181. The molecule has 6 heteroatoms. The fourth-order valence-electron chi connectivity index (χ4n) is 1.81. The molecule has 0 saturated carbocycles. The van der Waals surface area contributed by atoms with Gasteiger partial charge in [-0.25, -0.2) is 0 Å². The van der Waals surface area contributed by atoms with E-state index in [0.717, 1.165) is 6.54 Å². The van der Waals surface area contributed by atoms with Gasteiger partial charge in [0.15, 0.2) is 0 Å². The van der Waals surface area contributed by atoms with Gasteiger partial charge in [0, 0.05) is 32.5 Å². The molecule has 0 N–H and O–H groups in total. The molecule has 0 aromatic rings. The summed E-state index contributed by atoms with van der Waals surface area (Å²) in [6, 6.07) is 0. The van der Waals surface area contributed by atoms with Crippen molar-refractivity contribution in [1.29, 1.82) is 0 Å². The van der Waals surface area contributed by atoms with Gasteiger partial charge < -0.3 is 19.1 Å². The minimum atomic E-state index is 0.181. The number of hydrogen-bond acceptors (Lipinski definition) is 4. The van der Waals surface area contributed by atoms with Crippen LogP contribution in [0.15, 0.2) is 0 Å². The van der Waals surface area contributed by atoms with Crippen molar-refractivity contribution in [3.8, 4) is 0 Å². The molecular weight excluding hydrogens is 258 g/mol. The number of ether oxygens (including phenoxy) is 3. The monoisotopic (exact) mass is 279 g/mol. The number of carbonyl (C=O) groups is 1. The van der Waals surface area contributed by atoms with Gasteiger partial charge in [-0.15, -0.1) is 11.6 Å². The summed E-state index contributed by atoms with van der Waals surface area (Å²) in [6.07, 6.45) is 0.573. The Morgan fingerprint density at radius 3 is 2.50 bits per heavy atom. The van der Waals surface area contributed by atoms with Crippen LogP contribution in [0.5, 0.6) is 0 Å². The molecule has 1 amide bonds. The zero-order valence-corrected chi connectivity index (χ0v) is 11.7. The van der Waals surface area contributed by atoms with E-state index in [1.165, 1.54) is 0 Å². The second kappa shape index (κ2) is 9.55. The van der Waals surface area contributed by atoms with Gasteiger partial charge in [0.25, 0.3) is 0 Å². The number of amides is 1. The predicted molar refractivity (Wildman–Crippen MR) is 68.9 cm³/mol. The summed E-state index contributed by atoms with van der Waals surface area (Å²) in [5.74, 6) is 1.04. The van der Waals surface area contributed by atoms with Crippen molar-refractivity contribution in [3.63, 3.8) is 0 Å². The van der Waals surface area contributed by atoms with E-state index in [0.29, 0.717) is 57.8 Å². The zero-order chi connectivity index (χ0) is 13.2. The molecule has 0 radical (unpaired) electrons. The standard InChI is InChI=1S/C12H22ClNO4/c1-16-4-5-18-7-6-17-3-2-14-10-11(9-13)8-12(14)15/h11H,2-10H2,1H3. The highest BCUT2D eigenvalue weighted by Crippen LogP contribution is 2.18. The fraction of sp³-hybridized carbons (Fsp3) is 0.917. The number of hydrogen-bond donors (Lipinski definition) is 0. The topological polar surface area (TPSA) is 48.0 Å². The zero-order valence-electron chi connectivity index (χ0n) is 10.9. The number of halogens is 1. The lowest BCUT2D eigenvalue weighted by Crippen LogP contribution is -2.29. The average molecular weight is 280 g/mol. The first-order valence-electron chi connectivity index (χ1n) is 6.26. The molecule has 0 bridgehead atoms. The van der Waals surface area contributed by atoms with Crippen LogP contribution in [0.2, 0.25) is 0 Å². The van der Waals surface area contributed by atoms with Gasteiger partial charge in [0.1, 0.15) is 0 Å². The number of likely N-dealkylation sites (tertiary alicyclic amines) is 1. The van der Waals surface area contributed by atoms with Crippen molar-refractivity contribution < 1.29 is 19.0 Å². The number of methoxy groups -OCH3 is 1. The molecular formula is C12H22ClNO4. The molecule has 1 rings (SSSR count). The van der Waals surface area contributed by atoms with E-state index in [9.17, 15) is 4.79 Å². The molecule has 1 aliphatic heterocycles. The van der Waals surface area contributed by atoms with Gasteiger partial charge in [-0.1, -0.05) is 0 Å². The lowest BCUT2D eigenvalue weighted by atomic mass is 10.2. The summed E-state index contributed by atoms with van der Waals surface area (Å²) in [4.78, 5) is 13.4. The van der Waals surface area contributed by atoms with Crippen LogP contribution in [0.1, 0.15) is 6.42 Å². The van der Waals surface area contributed by atoms with Gasteiger partial charge in [-0.3, -0.25) is 4.79 Å². The highest BCUT2D eigenvalue weighted by atomic mass is 35.5. The molecule has 0 spiro atoms. The Kier molecular flexibility index (Phi) is 8.33. The molecule has 0 aromatic carbocycles. The Balaban J connectivity index is 1.93. The second-order valence-corrected chi connectivity index (χ2v) is 4.59. The van der Waals surface area contributed by atoms with Crippen LogP contribution in [0.25, 0.3) is 0 Å². The van der Waals surface area contributed by atoms with Crippen molar-refractivity contribution in [3.05, 3.63) is 0 Å². The van der Waals surface area contributed by atoms with Gasteiger partial charge in [-0.05, 0) is 5.92 Å². The molecule has 106 valence electrons. The van der Waals surface area contributed by atoms with Crippen molar-refractivity contribution in [2.24, 2.45) is 5.92 Å². The van der Waals surface area contributed by atoms with Crippen molar-refractivity contribution >= 4 is 17.5 Å². The maximum Gasteiger partial charge on any atom is 0.223 e. The minimum Gasteiger partial charge on any atom is -0.382 e. The summed E-state index contributed by atoms with van der Waals surface area (Å²) >= 11 is 5.75. The Morgan fingerprint density at radius 1 is 1.22 bits per heavy atom. The Bertz CT molecular complexity index is 240. The van der Waals surface area contributed by atoms with Crippen LogP contribution in [0.4, 0.5) is 0 Å². The average Bonchev–Trinajstić information content (AvgIpc) is 2.73. The van der Waals surface area contributed by atoms with E-state index in [1.54, 1.807) is 7.11 Å². The first-order valence-corrected chi connectivity index (χ1v) is 6.79. The maximum absolute atomic E-state index is 11.6. The third-order valence-corrected chi connectivity index (χ3v) is 3.26. The van der Waals surface area contributed by atoms with Crippen LogP contribution in [0, 0.1) is 5.92 Å². The van der Waals surface area contributed by atoms with Crippen molar-refractivity contribution in [2.75, 3.05) is 59.1 Å². The Labute approximate surface area is 113 Å². The molecule has 1 saturated heterocycles. The third-order valence-electron chi connectivity index (χ3n) is 2.82. The van der Waals surface area contributed by atoms with E-state index in [4.69, 9.17) is 25.8 Å². The molecule has 1 fully saturated rings. The maximum atomic E-state index is 11.6. The van der Waals surface area contributed by atoms with Gasteiger partial charge in [0.2, 0.25) is 5.91 Å². The van der Waals surface area contributed by atoms with Crippen LogP contribution >= 0.6 is 11.6 Å². The lowest BCUT2D eigenvalue weighted by Gasteiger charge is -2.16. The van der Waals surface area contributed by atoms with E-state index in [1.807, 2.05) is 4.90 Å². The summed E-state index contributed by atoms with van der Waals surface area (Å²) < 4.78 is 15.5. The quantitative estimate of drug-likeness (QED) is 0.437. The summed E-state index contributed by atoms with van der Waals surface area (Å²) in [7, 11) is 1.64. The SMILES string of the molecule is COCCOCCOCCN1CC(CCl)CC1=O. The van der Waals surface area contributed by atoms with Crippen LogP contribution < -0.4 is 0 Å². The number of nitrogens with zero attached hydrogens (tertiary/aromatic N) is 1. The number of rotatable bonds is 10. The van der Waals surface area contributed by atoms with E-state index in [2.05, 4.69) is 0 Å². The highest BCUT2D eigenvalue weighted by molar-refractivity contribution is 6.18. The lowest BCUT2D eigenvalue weighted by molar-refractivity contribution is -0.128. The largest absolute Gasteiger partial charge is 0.382 e.